The summed E-state index contributed by atoms with van der Waals surface area (Å²) in [7, 11) is 0. The van der Waals surface area contributed by atoms with Gasteiger partial charge >= 0.3 is 0 Å². The Labute approximate surface area is 101 Å². The van der Waals surface area contributed by atoms with Crippen LogP contribution in [0.25, 0.3) is 0 Å². The van der Waals surface area contributed by atoms with E-state index >= 15 is 0 Å². The molecule has 3 rings (SSSR count). The quantitative estimate of drug-likeness (QED) is 0.547. The van der Waals surface area contributed by atoms with E-state index in [0.29, 0.717) is 6.54 Å². The smallest absolute Gasteiger partial charge is 0.235 e. The van der Waals surface area contributed by atoms with Crippen LogP contribution in [-0.2, 0) is 14.3 Å². The van der Waals surface area contributed by atoms with Crippen molar-refractivity contribution in [2.45, 2.75) is 51.2 Å². The van der Waals surface area contributed by atoms with Crippen LogP contribution in [0.3, 0.4) is 0 Å². The van der Waals surface area contributed by atoms with Crippen LogP contribution in [0.5, 0.6) is 0 Å². The number of nitrogens with zero attached hydrogens (tertiary/aromatic N) is 1. The highest BCUT2D eigenvalue weighted by molar-refractivity contribution is 6.06. The number of imide groups is 1. The molecule has 4 heteroatoms. The lowest BCUT2D eigenvalue weighted by Crippen LogP contribution is -2.35. The van der Waals surface area contributed by atoms with Gasteiger partial charge in [-0.3, -0.25) is 14.5 Å². The maximum Gasteiger partial charge on any atom is 0.235 e. The van der Waals surface area contributed by atoms with E-state index in [9.17, 15) is 9.59 Å². The van der Waals surface area contributed by atoms with Crippen LogP contribution in [0, 0.1) is 11.8 Å². The molecule has 4 atom stereocenters. The van der Waals surface area contributed by atoms with E-state index in [2.05, 4.69) is 6.92 Å². The Bertz CT molecular complexity index is 327. The Balaban J connectivity index is 1.72. The van der Waals surface area contributed by atoms with Crippen LogP contribution in [-0.4, -0.2) is 35.5 Å². The second-order valence-electron chi connectivity index (χ2n) is 5.38. The molecule has 94 valence electrons. The maximum atomic E-state index is 12.2. The number of carbonyl (C=O) groups is 2. The third kappa shape index (κ3) is 1.53. The van der Waals surface area contributed by atoms with Gasteiger partial charge in [0.15, 0.2) is 0 Å². The van der Waals surface area contributed by atoms with E-state index in [1.54, 1.807) is 0 Å². The third-order valence-corrected chi connectivity index (χ3v) is 4.36. The molecule has 0 N–H and O–H groups in total. The fourth-order valence-electron chi connectivity index (χ4n) is 3.51. The van der Waals surface area contributed by atoms with Crippen molar-refractivity contribution in [1.29, 1.82) is 0 Å². The number of carbonyl (C=O) groups excluding carboxylic acids is 2. The zero-order valence-electron chi connectivity index (χ0n) is 10.2. The van der Waals surface area contributed by atoms with E-state index in [1.165, 1.54) is 4.90 Å². The topological polar surface area (TPSA) is 46.6 Å². The van der Waals surface area contributed by atoms with Crippen molar-refractivity contribution in [2.75, 3.05) is 6.54 Å². The monoisotopic (exact) mass is 237 g/mol. The molecule has 3 aliphatic heterocycles. The van der Waals surface area contributed by atoms with Gasteiger partial charge in [-0.15, -0.1) is 0 Å². The summed E-state index contributed by atoms with van der Waals surface area (Å²) in [6, 6.07) is 0. The summed E-state index contributed by atoms with van der Waals surface area (Å²) in [4.78, 5) is 25.9. The van der Waals surface area contributed by atoms with Crippen LogP contribution in [0.2, 0.25) is 0 Å². The van der Waals surface area contributed by atoms with Gasteiger partial charge in [-0.2, -0.15) is 0 Å². The number of hydrogen-bond acceptors (Lipinski definition) is 3. The van der Waals surface area contributed by atoms with Crippen molar-refractivity contribution in [2.24, 2.45) is 11.8 Å². The minimum atomic E-state index is -0.150. The molecule has 3 heterocycles. The van der Waals surface area contributed by atoms with E-state index in [4.69, 9.17) is 4.74 Å². The highest BCUT2D eigenvalue weighted by atomic mass is 16.5. The molecule has 0 radical (unpaired) electrons. The third-order valence-electron chi connectivity index (χ3n) is 4.36. The Kier molecular flexibility index (Phi) is 2.69. The van der Waals surface area contributed by atoms with E-state index in [0.717, 1.165) is 32.1 Å². The highest BCUT2D eigenvalue weighted by Gasteiger charge is 2.61. The number of likely N-dealkylation sites (tertiary alicyclic amines) is 1. The molecule has 0 spiro atoms. The largest absolute Gasteiger partial charge is 0.373 e. The van der Waals surface area contributed by atoms with Crippen molar-refractivity contribution in [3.05, 3.63) is 0 Å². The Hall–Kier alpha value is -0.900. The maximum absolute atomic E-state index is 12.2. The average Bonchev–Trinajstić information content (AvgIpc) is 2.97. The van der Waals surface area contributed by atoms with Gasteiger partial charge in [-0.1, -0.05) is 19.8 Å². The fourth-order valence-corrected chi connectivity index (χ4v) is 3.51. The van der Waals surface area contributed by atoms with E-state index in [-0.39, 0.29) is 35.9 Å². The molecule has 4 unspecified atom stereocenters. The van der Waals surface area contributed by atoms with Gasteiger partial charge in [0.25, 0.3) is 0 Å². The first-order valence-corrected chi connectivity index (χ1v) is 6.74. The predicted octanol–water partition coefficient (Wildman–Crippen LogP) is 1.34. The molecule has 0 aliphatic carbocycles. The van der Waals surface area contributed by atoms with Crippen molar-refractivity contribution in [3.8, 4) is 0 Å². The lowest BCUT2D eigenvalue weighted by atomic mass is 9.81. The highest BCUT2D eigenvalue weighted by Crippen LogP contribution is 2.48. The average molecular weight is 237 g/mol. The van der Waals surface area contributed by atoms with Gasteiger partial charge in [0.1, 0.15) is 0 Å². The number of fused-ring (bicyclic) bond motifs is 5. The zero-order valence-corrected chi connectivity index (χ0v) is 10.2. The molecule has 4 nitrogen and oxygen atoms in total. The minimum Gasteiger partial charge on any atom is -0.373 e. The second kappa shape index (κ2) is 4.09. The van der Waals surface area contributed by atoms with E-state index in [1.807, 2.05) is 0 Å². The second-order valence-corrected chi connectivity index (χ2v) is 5.38. The van der Waals surface area contributed by atoms with Crippen molar-refractivity contribution < 1.29 is 14.3 Å². The summed E-state index contributed by atoms with van der Waals surface area (Å²) in [5.74, 6) is -0.239. The number of rotatable bonds is 4. The Morgan fingerprint density at radius 2 is 1.71 bits per heavy atom. The number of unbranched alkanes of at least 4 members (excludes halogenated alkanes) is 2. The molecule has 0 aromatic rings. The molecule has 3 saturated heterocycles. The summed E-state index contributed by atoms with van der Waals surface area (Å²) < 4.78 is 5.69. The lowest BCUT2D eigenvalue weighted by Gasteiger charge is -2.16. The molecule has 2 bridgehead atoms. The standard InChI is InChI=1S/C13H19NO3/c1-2-3-4-7-14-12(15)10-8-5-6-9(17-8)11(10)13(14)16/h8-11H,2-7H2,1H3. The van der Waals surface area contributed by atoms with Gasteiger partial charge < -0.3 is 4.74 Å². The molecule has 0 aromatic heterocycles. The van der Waals surface area contributed by atoms with Gasteiger partial charge in [-0.05, 0) is 19.3 Å². The molecular weight excluding hydrogens is 218 g/mol. The first-order valence-electron chi connectivity index (χ1n) is 6.74. The Morgan fingerprint density at radius 3 is 2.24 bits per heavy atom. The predicted molar refractivity (Wildman–Crippen MR) is 61.1 cm³/mol. The fraction of sp³-hybridized carbons (Fsp3) is 0.846. The van der Waals surface area contributed by atoms with Crippen LogP contribution < -0.4 is 0 Å². The number of hydrogen-bond donors (Lipinski definition) is 0. The molecular formula is C13H19NO3. The SMILES string of the molecule is CCCCCN1C(=O)C2C3CCC(O3)C2C1=O. The molecule has 0 saturated carbocycles. The van der Waals surface area contributed by atoms with Crippen LogP contribution in [0.15, 0.2) is 0 Å². The summed E-state index contributed by atoms with van der Waals surface area (Å²) in [6.45, 7) is 2.73. The lowest BCUT2D eigenvalue weighted by molar-refractivity contribution is -0.142. The normalized spacial score (nSPS) is 39.2. The van der Waals surface area contributed by atoms with Crippen LogP contribution in [0.1, 0.15) is 39.0 Å². The van der Waals surface area contributed by atoms with Crippen LogP contribution >= 0.6 is 0 Å². The Morgan fingerprint density at radius 1 is 1.12 bits per heavy atom. The van der Waals surface area contributed by atoms with Gasteiger partial charge in [0.2, 0.25) is 11.8 Å². The van der Waals surface area contributed by atoms with Gasteiger partial charge in [-0.25, -0.2) is 0 Å². The summed E-state index contributed by atoms with van der Waals surface area (Å²) >= 11 is 0. The summed E-state index contributed by atoms with van der Waals surface area (Å²) in [5, 5.41) is 0. The van der Waals surface area contributed by atoms with Crippen molar-refractivity contribution in [3.63, 3.8) is 0 Å². The molecule has 3 aliphatic rings. The molecule has 2 amide bonds. The van der Waals surface area contributed by atoms with E-state index < -0.39 is 0 Å². The first kappa shape index (κ1) is 11.2. The first-order chi connectivity index (χ1) is 8.24. The molecule has 17 heavy (non-hydrogen) atoms. The molecule has 0 aromatic carbocycles. The summed E-state index contributed by atoms with van der Waals surface area (Å²) in [6.07, 6.45) is 5.08. The van der Waals surface area contributed by atoms with Gasteiger partial charge in [0.05, 0.1) is 24.0 Å². The van der Waals surface area contributed by atoms with Crippen molar-refractivity contribution in [1.82, 2.24) is 4.90 Å². The zero-order chi connectivity index (χ0) is 12.0. The number of ether oxygens (including phenoxy) is 1. The van der Waals surface area contributed by atoms with Crippen molar-refractivity contribution >= 4 is 11.8 Å². The number of amides is 2. The minimum absolute atomic E-state index is 0.0256. The summed E-state index contributed by atoms with van der Waals surface area (Å²) in [5.41, 5.74) is 0. The van der Waals surface area contributed by atoms with Gasteiger partial charge in [0, 0.05) is 6.54 Å². The molecule has 3 fully saturated rings. The van der Waals surface area contributed by atoms with Crippen LogP contribution in [0.4, 0.5) is 0 Å².